The maximum Gasteiger partial charge on any atom is 0.263 e. The van der Waals surface area contributed by atoms with E-state index in [0.717, 1.165) is 16.0 Å². The maximum atomic E-state index is 13.3. The summed E-state index contributed by atoms with van der Waals surface area (Å²) in [5.41, 5.74) is 2.19. The normalized spacial score (nSPS) is 19.4. The van der Waals surface area contributed by atoms with Crippen LogP contribution in [0.3, 0.4) is 0 Å². The summed E-state index contributed by atoms with van der Waals surface area (Å²) in [6.07, 6.45) is 0. The third kappa shape index (κ3) is 3.47. The molecule has 2 aliphatic heterocycles. The highest BCUT2D eigenvalue weighted by Gasteiger charge is 2.55. The molecule has 1 fully saturated rings. The Labute approximate surface area is 188 Å². The monoisotopic (exact) mass is 448 g/mol. The van der Waals surface area contributed by atoms with Crippen LogP contribution in [0.15, 0.2) is 57.3 Å². The fraction of sp³-hybridized carbons (Fsp3) is 0.273. The molecule has 0 spiro atoms. The number of anilines is 1. The summed E-state index contributed by atoms with van der Waals surface area (Å²) in [5, 5.41) is 13.5. The Hall–Kier alpha value is -4.28. The van der Waals surface area contributed by atoms with Gasteiger partial charge in [0.1, 0.15) is 18.0 Å². The second-order valence-electron chi connectivity index (χ2n) is 7.60. The van der Waals surface area contributed by atoms with E-state index < -0.39 is 23.9 Å². The molecule has 0 aliphatic carbocycles. The van der Waals surface area contributed by atoms with Crippen LogP contribution in [0.4, 0.5) is 5.69 Å². The van der Waals surface area contributed by atoms with Crippen LogP contribution in [-0.4, -0.2) is 53.3 Å². The second-order valence-corrected chi connectivity index (χ2v) is 7.60. The number of methoxy groups -OCH3 is 2. The molecule has 0 N–H and O–H groups in total. The van der Waals surface area contributed by atoms with Gasteiger partial charge in [0.05, 0.1) is 19.9 Å². The van der Waals surface area contributed by atoms with Gasteiger partial charge < -0.3 is 14.0 Å². The van der Waals surface area contributed by atoms with Gasteiger partial charge in [0, 0.05) is 23.8 Å². The van der Waals surface area contributed by atoms with Crippen LogP contribution in [0, 0.1) is 6.92 Å². The van der Waals surface area contributed by atoms with E-state index in [1.807, 2.05) is 31.2 Å². The number of nitrogens with zero attached hydrogens (tertiary/aromatic N) is 6. The zero-order valence-electron chi connectivity index (χ0n) is 18.1. The number of benzene rings is 2. The average Bonchev–Trinajstić information content (AvgIpc) is 3.52. The Morgan fingerprint density at radius 1 is 1.03 bits per heavy atom. The molecule has 11 nitrogen and oxygen atoms in total. The standard InChI is InChI=1S/C22H20N6O5/c1-12-6-4-5-7-16(12)20-23-17(33-25-20)11-27-19-18(24-26-27)21(29)28(22(19)30)13-8-14(31-2)10-15(9-13)32-3/h4-10,18-19H,11H2,1-3H3/t18-,19+/m0/s1. The second kappa shape index (κ2) is 8.01. The molecule has 0 unspecified atom stereocenters. The number of rotatable bonds is 6. The Kier molecular flexibility index (Phi) is 5.00. The zero-order chi connectivity index (χ0) is 23.1. The highest BCUT2D eigenvalue weighted by molar-refractivity contribution is 6.25. The predicted molar refractivity (Wildman–Crippen MR) is 114 cm³/mol. The topological polar surface area (TPSA) is 123 Å². The van der Waals surface area contributed by atoms with Gasteiger partial charge in [-0.3, -0.25) is 14.6 Å². The smallest absolute Gasteiger partial charge is 0.263 e. The minimum Gasteiger partial charge on any atom is -0.497 e. The minimum atomic E-state index is -0.951. The lowest BCUT2D eigenvalue weighted by molar-refractivity contribution is -0.123. The quantitative estimate of drug-likeness (QED) is 0.527. The first-order valence-corrected chi connectivity index (χ1v) is 10.2. The summed E-state index contributed by atoms with van der Waals surface area (Å²) in [7, 11) is 2.99. The number of hydrogen-bond donors (Lipinski definition) is 0. The molecule has 168 valence electrons. The number of amides is 2. The first kappa shape index (κ1) is 20.6. The largest absolute Gasteiger partial charge is 0.497 e. The summed E-state index contributed by atoms with van der Waals surface area (Å²) in [6.45, 7) is 1.99. The SMILES string of the molecule is COc1cc(OC)cc(N2C(=O)[C@H]3N=NN(Cc4nc(-c5ccccc5C)no4)[C@H]3C2=O)c1. The third-order valence-electron chi connectivity index (χ3n) is 5.60. The van der Waals surface area contributed by atoms with Crippen molar-refractivity contribution >= 4 is 17.5 Å². The van der Waals surface area contributed by atoms with Crippen LogP contribution in [0.2, 0.25) is 0 Å². The van der Waals surface area contributed by atoms with Gasteiger partial charge in [0.2, 0.25) is 11.7 Å². The number of carbonyl (C=O) groups excluding carboxylic acids is 2. The van der Waals surface area contributed by atoms with E-state index in [4.69, 9.17) is 14.0 Å². The molecule has 11 heteroatoms. The third-order valence-corrected chi connectivity index (χ3v) is 5.60. The lowest BCUT2D eigenvalue weighted by Crippen LogP contribution is -2.39. The van der Waals surface area contributed by atoms with E-state index in [1.165, 1.54) is 19.2 Å². The van der Waals surface area contributed by atoms with Crippen molar-refractivity contribution in [1.29, 1.82) is 0 Å². The van der Waals surface area contributed by atoms with Crippen molar-refractivity contribution in [1.82, 2.24) is 15.1 Å². The van der Waals surface area contributed by atoms with Gasteiger partial charge in [-0.15, -0.1) is 0 Å². The van der Waals surface area contributed by atoms with E-state index in [0.29, 0.717) is 23.0 Å². The molecule has 2 aliphatic rings. The van der Waals surface area contributed by atoms with E-state index in [9.17, 15) is 9.59 Å². The number of fused-ring (bicyclic) bond motifs is 1. The molecule has 1 saturated heterocycles. The molecule has 3 aromatic rings. The van der Waals surface area contributed by atoms with Crippen molar-refractivity contribution in [2.24, 2.45) is 10.3 Å². The average molecular weight is 448 g/mol. The lowest BCUT2D eigenvalue weighted by Gasteiger charge is -2.20. The molecule has 1 aromatic heterocycles. The molecule has 2 amide bonds. The fourth-order valence-electron chi connectivity index (χ4n) is 3.92. The van der Waals surface area contributed by atoms with E-state index in [1.54, 1.807) is 18.2 Å². The van der Waals surface area contributed by atoms with Gasteiger partial charge >= 0.3 is 0 Å². The van der Waals surface area contributed by atoms with Gasteiger partial charge in [0.25, 0.3) is 11.8 Å². The molecular weight excluding hydrogens is 428 g/mol. The number of hydrogen-bond acceptors (Lipinski definition) is 10. The molecule has 2 aromatic carbocycles. The number of imide groups is 1. The Bertz CT molecular complexity index is 1250. The van der Waals surface area contributed by atoms with Gasteiger partial charge in [0.15, 0.2) is 12.1 Å². The number of carbonyl (C=O) groups is 2. The number of ether oxygens (including phenoxy) is 2. The summed E-state index contributed by atoms with van der Waals surface area (Å²) < 4.78 is 15.9. The lowest BCUT2D eigenvalue weighted by atomic mass is 10.1. The van der Waals surface area contributed by atoms with Crippen LogP contribution in [0.1, 0.15) is 11.5 Å². The van der Waals surface area contributed by atoms with Crippen LogP contribution in [-0.2, 0) is 16.1 Å². The first-order valence-electron chi connectivity index (χ1n) is 10.2. The van der Waals surface area contributed by atoms with Crippen LogP contribution in [0.25, 0.3) is 11.4 Å². The van der Waals surface area contributed by atoms with Crippen LogP contribution < -0.4 is 14.4 Å². The zero-order valence-corrected chi connectivity index (χ0v) is 18.1. The van der Waals surface area contributed by atoms with Crippen LogP contribution in [0.5, 0.6) is 11.5 Å². The maximum absolute atomic E-state index is 13.3. The molecule has 0 bridgehead atoms. The van der Waals surface area contributed by atoms with Crippen molar-refractivity contribution in [3.63, 3.8) is 0 Å². The summed E-state index contributed by atoms with van der Waals surface area (Å²) in [4.78, 5) is 31.8. The molecular formula is C22H20N6O5. The summed E-state index contributed by atoms with van der Waals surface area (Å²) in [5.74, 6) is 0.677. The molecule has 33 heavy (non-hydrogen) atoms. The Morgan fingerprint density at radius 3 is 2.45 bits per heavy atom. The predicted octanol–water partition coefficient (Wildman–Crippen LogP) is 2.56. The molecule has 2 atom stereocenters. The van der Waals surface area contributed by atoms with E-state index in [-0.39, 0.29) is 12.4 Å². The van der Waals surface area contributed by atoms with Crippen molar-refractivity contribution in [2.45, 2.75) is 25.6 Å². The summed E-state index contributed by atoms with van der Waals surface area (Å²) >= 11 is 0. The van der Waals surface area contributed by atoms with Gasteiger partial charge in [-0.1, -0.05) is 34.6 Å². The van der Waals surface area contributed by atoms with Crippen molar-refractivity contribution in [3.8, 4) is 22.9 Å². The van der Waals surface area contributed by atoms with Crippen molar-refractivity contribution in [3.05, 3.63) is 53.9 Å². The summed E-state index contributed by atoms with van der Waals surface area (Å²) in [6, 6.07) is 10.7. The van der Waals surface area contributed by atoms with Crippen molar-refractivity contribution in [2.75, 3.05) is 19.1 Å². The van der Waals surface area contributed by atoms with E-state index >= 15 is 0 Å². The minimum absolute atomic E-state index is 0.0395. The first-order chi connectivity index (χ1) is 16.0. The van der Waals surface area contributed by atoms with Gasteiger partial charge in [-0.25, -0.2) is 4.90 Å². The highest BCUT2D eigenvalue weighted by atomic mass is 16.5. The molecule has 5 rings (SSSR count). The Morgan fingerprint density at radius 2 is 1.76 bits per heavy atom. The highest BCUT2D eigenvalue weighted by Crippen LogP contribution is 2.36. The van der Waals surface area contributed by atoms with Gasteiger partial charge in [-0.05, 0) is 12.5 Å². The van der Waals surface area contributed by atoms with E-state index in [2.05, 4.69) is 20.5 Å². The fourth-order valence-corrected chi connectivity index (χ4v) is 3.92. The molecule has 0 radical (unpaired) electrons. The number of aryl methyl sites for hydroxylation is 1. The number of aromatic nitrogens is 2. The van der Waals surface area contributed by atoms with Gasteiger partial charge in [-0.2, -0.15) is 10.1 Å². The van der Waals surface area contributed by atoms with Crippen LogP contribution >= 0.6 is 0 Å². The molecule has 3 heterocycles. The Balaban J connectivity index is 1.39. The molecule has 0 saturated carbocycles. The van der Waals surface area contributed by atoms with Crippen molar-refractivity contribution < 1.29 is 23.6 Å².